The average Bonchev–Trinajstić information content (AvgIpc) is 2.68. The molecule has 0 fully saturated rings. The summed E-state index contributed by atoms with van der Waals surface area (Å²) in [4.78, 5) is 24.3. The van der Waals surface area contributed by atoms with Crippen molar-refractivity contribution in [3.05, 3.63) is 65.2 Å². The van der Waals surface area contributed by atoms with E-state index in [4.69, 9.17) is 4.74 Å². The van der Waals surface area contributed by atoms with Crippen LogP contribution < -0.4 is 15.4 Å². The standard InChI is InChI=1S/C21H26N2O3/c1-4-15(2)23-21(25)18-11-9-17(10-12-18)20(24)22-14-13-16-7-5-6-8-19(16)26-3/h5-12,15H,4,13-14H2,1-3H3,(H,22,24)(H,23,25). The van der Waals surface area contributed by atoms with Crippen LogP contribution in [0.2, 0.25) is 0 Å². The van der Waals surface area contributed by atoms with Crippen molar-refractivity contribution in [2.75, 3.05) is 13.7 Å². The molecule has 0 aliphatic carbocycles. The lowest BCUT2D eigenvalue weighted by atomic mass is 10.1. The highest BCUT2D eigenvalue weighted by molar-refractivity contribution is 5.97. The molecule has 1 unspecified atom stereocenters. The van der Waals surface area contributed by atoms with E-state index in [2.05, 4.69) is 10.6 Å². The zero-order valence-electron chi connectivity index (χ0n) is 15.5. The van der Waals surface area contributed by atoms with Crippen molar-refractivity contribution in [2.45, 2.75) is 32.7 Å². The van der Waals surface area contributed by atoms with Gasteiger partial charge in [0.2, 0.25) is 0 Å². The van der Waals surface area contributed by atoms with Gasteiger partial charge in [-0.3, -0.25) is 9.59 Å². The molecular weight excluding hydrogens is 328 g/mol. The number of nitrogens with one attached hydrogen (secondary N) is 2. The topological polar surface area (TPSA) is 67.4 Å². The normalized spacial score (nSPS) is 11.5. The molecule has 0 aromatic heterocycles. The second-order valence-corrected chi connectivity index (χ2v) is 6.18. The first-order valence-corrected chi connectivity index (χ1v) is 8.86. The van der Waals surface area contributed by atoms with Crippen molar-refractivity contribution in [3.8, 4) is 5.75 Å². The van der Waals surface area contributed by atoms with Gasteiger partial charge in [-0.15, -0.1) is 0 Å². The molecule has 0 saturated carbocycles. The van der Waals surface area contributed by atoms with Crippen molar-refractivity contribution in [1.29, 1.82) is 0 Å². The third kappa shape index (κ3) is 5.34. The zero-order chi connectivity index (χ0) is 18.9. The number of ether oxygens (including phenoxy) is 1. The number of benzene rings is 2. The van der Waals surface area contributed by atoms with Crippen LogP contribution in [0.5, 0.6) is 5.75 Å². The SMILES string of the molecule is CCC(C)NC(=O)c1ccc(C(=O)NCCc2ccccc2OC)cc1. The Kier molecular flexibility index (Phi) is 7.21. The van der Waals surface area contributed by atoms with Crippen LogP contribution in [-0.2, 0) is 6.42 Å². The fourth-order valence-electron chi connectivity index (χ4n) is 2.50. The fourth-order valence-corrected chi connectivity index (χ4v) is 2.50. The lowest BCUT2D eigenvalue weighted by Gasteiger charge is -2.12. The van der Waals surface area contributed by atoms with E-state index in [1.807, 2.05) is 38.1 Å². The lowest BCUT2D eigenvalue weighted by molar-refractivity contribution is 0.0932. The number of para-hydroxylation sites is 1. The van der Waals surface area contributed by atoms with Gasteiger partial charge in [0, 0.05) is 23.7 Å². The highest BCUT2D eigenvalue weighted by Crippen LogP contribution is 2.17. The van der Waals surface area contributed by atoms with Crippen molar-refractivity contribution in [1.82, 2.24) is 10.6 Å². The van der Waals surface area contributed by atoms with Gasteiger partial charge < -0.3 is 15.4 Å². The maximum Gasteiger partial charge on any atom is 0.251 e. The number of carbonyl (C=O) groups excluding carboxylic acids is 2. The third-order valence-electron chi connectivity index (χ3n) is 4.27. The summed E-state index contributed by atoms with van der Waals surface area (Å²) in [5, 5.41) is 5.80. The van der Waals surface area contributed by atoms with Crippen LogP contribution in [0, 0.1) is 0 Å². The fraction of sp³-hybridized carbons (Fsp3) is 0.333. The molecule has 26 heavy (non-hydrogen) atoms. The molecule has 2 aromatic rings. The van der Waals surface area contributed by atoms with Gasteiger partial charge in [0.25, 0.3) is 11.8 Å². The molecule has 0 aliphatic heterocycles. The summed E-state index contributed by atoms with van der Waals surface area (Å²) < 4.78 is 5.31. The average molecular weight is 354 g/mol. The molecule has 1 atom stereocenters. The lowest BCUT2D eigenvalue weighted by Crippen LogP contribution is -2.32. The number of methoxy groups -OCH3 is 1. The van der Waals surface area contributed by atoms with Crippen molar-refractivity contribution < 1.29 is 14.3 Å². The van der Waals surface area contributed by atoms with Crippen LogP contribution in [-0.4, -0.2) is 31.5 Å². The van der Waals surface area contributed by atoms with Crippen LogP contribution in [0.25, 0.3) is 0 Å². The minimum absolute atomic E-state index is 0.123. The molecule has 2 aromatic carbocycles. The molecule has 0 aliphatic rings. The van der Waals surface area contributed by atoms with Gasteiger partial charge in [0.1, 0.15) is 5.75 Å². The summed E-state index contributed by atoms with van der Waals surface area (Å²) in [5.74, 6) is 0.537. The van der Waals surface area contributed by atoms with E-state index < -0.39 is 0 Å². The molecule has 0 bridgehead atoms. The summed E-state index contributed by atoms with van der Waals surface area (Å²) >= 11 is 0. The van der Waals surface area contributed by atoms with Gasteiger partial charge in [-0.2, -0.15) is 0 Å². The highest BCUT2D eigenvalue weighted by atomic mass is 16.5. The van der Waals surface area contributed by atoms with Gasteiger partial charge in [-0.1, -0.05) is 25.1 Å². The minimum Gasteiger partial charge on any atom is -0.496 e. The Morgan fingerprint density at radius 2 is 1.62 bits per heavy atom. The van der Waals surface area contributed by atoms with Crippen molar-refractivity contribution in [3.63, 3.8) is 0 Å². The predicted octanol–water partition coefficient (Wildman–Crippen LogP) is 3.20. The zero-order valence-corrected chi connectivity index (χ0v) is 15.5. The first-order chi connectivity index (χ1) is 12.5. The van der Waals surface area contributed by atoms with Crippen molar-refractivity contribution in [2.24, 2.45) is 0 Å². The first-order valence-electron chi connectivity index (χ1n) is 8.86. The largest absolute Gasteiger partial charge is 0.496 e. The molecule has 2 N–H and O–H groups in total. The number of hydrogen-bond donors (Lipinski definition) is 2. The van der Waals surface area contributed by atoms with E-state index in [1.165, 1.54) is 0 Å². The van der Waals surface area contributed by atoms with E-state index in [1.54, 1.807) is 31.4 Å². The van der Waals surface area contributed by atoms with Crippen LogP contribution in [0.1, 0.15) is 46.5 Å². The van der Waals surface area contributed by atoms with E-state index in [-0.39, 0.29) is 17.9 Å². The Balaban J connectivity index is 1.88. The quantitative estimate of drug-likeness (QED) is 0.765. The Bertz CT molecular complexity index is 741. The smallest absolute Gasteiger partial charge is 0.251 e. The third-order valence-corrected chi connectivity index (χ3v) is 4.27. The Morgan fingerprint density at radius 3 is 2.23 bits per heavy atom. The van der Waals surface area contributed by atoms with Gasteiger partial charge >= 0.3 is 0 Å². The maximum absolute atomic E-state index is 12.3. The van der Waals surface area contributed by atoms with Crippen LogP contribution in [0.3, 0.4) is 0 Å². The van der Waals surface area contributed by atoms with E-state index >= 15 is 0 Å². The summed E-state index contributed by atoms with van der Waals surface area (Å²) in [6.45, 7) is 4.49. The molecule has 138 valence electrons. The molecule has 0 heterocycles. The summed E-state index contributed by atoms with van der Waals surface area (Å²) in [7, 11) is 1.64. The Labute approximate surface area is 154 Å². The summed E-state index contributed by atoms with van der Waals surface area (Å²) in [5.41, 5.74) is 2.13. The van der Waals surface area contributed by atoms with E-state index in [0.717, 1.165) is 17.7 Å². The minimum atomic E-state index is -0.159. The van der Waals surface area contributed by atoms with Gasteiger partial charge in [-0.25, -0.2) is 0 Å². The number of hydrogen-bond acceptors (Lipinski definition) is 3. The van der Waals surface area contributed by atoms with E-state index in [0.29, 0.717) is 24.1 Å². The predicted molar refractivity (Wildman–Crippen MR) is 103 cm³/mol. The van der Waals surface area contributed by atoms with Gasteiger partial charge in [-0.05, 0) is 55.7 Å². The molecule has 0 spiro atoms. The molecule has 0 saturated heterocycles. The summed E-state index contributed by atoms with van der Waals surface area (Å²) in [6, 6.07) is 14.6. The Morgan fingerprint density at radius 1 is 1.00 bits per heavy atom. The monoisotopic (exact) mass is 354 g/mol. The van der Waals surface area contributed by atoms with Crippen molar-refractivity contribution >= 4 is 11.8 Å². The van der Waals surface area contributed by atoms with Crippen LogP contribution in [0.15, 0.2) is 48.5 Å². The van der Waals surface area contributed by atoms with Crippen LogP contribution >= 0.6 is 0 Å². The van der Waals surface area contributed by atoms with Crippen LogP contribution in [0.4, 0.5) is 0 Å². The molecular formula is C21H26N2O3. The second-order valence-electron chi connectivity index (χ2n) is 6.18. The first kappa shape index (κ1) is 19.5. The molecule has 2 amide bonds. The second kappa shape index (κ2) is 9.61. The number of rotatable bonds is 8. The molecule has 0 radical (unpaired) electrons. The number of carbonyl (C=O) groups is 2. The number of amides is 2. The molecule has 5 heteroatoms. The molecule has 5 nitrogen and oxygen atoms in total. The van der Waals surface area contributed by atoms with Gasteiger partial charge in [0.15, 0.2) is 0 Å². The van der Waals surface area contributed by atoms with Gasteiger partial charge in [0.05, 0.1) is 7.11 Å². The summed E-state index contributed by atoms with van der Waals surface area (Å²) in [6.07, 6.45) is 1.56. The Hall–Kier alpha value is -2.82. The maximum atomic E-state index is 12.3. The van der Waals surface area contributed by atoms with E-state index in [9.17, 15) is 9.59 Å². The highest BCUT2D eigenvalue weighted by Gasteiger charge is 2.10. The molecule has 2 rings (SSSR count).